The van der Waals surface area contributed by atoms with Crippen LogP contribution >= 0.6 is 15.9 Å². The average Bonchev–Trinajstić information content (AvgIpc) is 2.73. The minimum Gasteiger partial charge on any atom is -0.361 e. The fourth-order valence-corrected chi connectivity index (χ4v) is 2.75. The van der Waals surface area contributed by atoms with E-state index in [0.717, 1.165) is 37.2 Å². The Morgan fingerprint density at radius 3 is 2.88 bits per heavy atom. The van der Waals surface area contributed by atoms with Gasteiger partial charge in [-0.25, -0.2) is 0 Å². The third-order valence-electron chi connectivity index (χ3n) is 3.33. The number of halogens is 1. The normalized spacial score (nSPS) is 17.7. The molecule has 0 amide bonds. The lowest BCUT2D eigenvalue weighted by Crippen LogP contribution is -2.42. The number of aromatic nitrogens is 1. The van der Waals surface area contributed by atoms with Crippen LogP contribution in [0.5, 0.6) is 0 Å². The molecule has 0 bridgehead atoms. The third-order valence-corrected chi connectivity index (χ3v) is 3.83. The highest BCUT2D eigenvalue weighted by atomic mass is 79.9. The number of piperazine rings is 1. The Labute approximate surface area is 109 Å². The topological polar surface area (TPSA) is 31.1 Å². The molecule has 0 radical (unpaired) electrons. The molecule has 0 unspecified atom stereocenters. The van der Waals surface area contributed by atoms with Crippen LogP contribution in [-0.4, -0.2) is 36.1 Å². The summed E-state index contributed by atoms with van der Waals surface area (Å²) in [4.78, 5) is 5.84. The highest BCUT2D eigenvalue weighted by molar-refractivity contribution is 9.10. The zero-order valence-electron chi connectivity index (χ0n) is 9.67. The maximum Gasteiger partial charge on any atom is 0.0458 e. The van der Waals surface area contributed by atoms with Gasteiger partial charge in [-0.2, -0.15) is 0 Å². The zero-order chi connectivity index (χ0) is 11.7. The molecule has 0 aliphatic carbocycles. The largest absolute Gasteiger partial charge is 0.361 e. The summed E-state index contributed by atoms with van der Waals surface area (Å²) < 4.78 is 1.14. The Morgan fingerprint density at radius 1 is 1.24 bits per heavy atom. The van der Waals surface area contributed by atoms with Crippen molar-refractivity contribution in [2.24, 2.45) is 0 Å². The smallest absolute Gasteiger partial charge is 0.0458 e. The Kier molecular flexibility index (Phi) is 3.18. The number of hydrogen-bond acceptors (Lipinski definition) is 2. The minimum atomic E-state index is 1.04. The second-order valence-electron chi connectivity index (χ2n) is 4.53. The summed E-state index contributed by atoms with van der Waals surface area (Å²) in [5.41, 5.74) is 2.61. The van der Waals surface area contributed by atoms with Gasteiger partial charge in [0, 0.05) is 54.3 Å². The van der Waals surface area contributed by atoms with Gasteiger partial charge >= 0.3 is 0 Å². The Hall–Kier alpha value is -0.840. The van der Waals surface area contributed by atoms with Crippen molar-refractivity contribution in [2.75, 3.05) is 26.2 Å². The van der Waals surface area contributed by atoms with E-state index in [1.54, 1.807) is 0 Å². The van der Waals surface area contributed by atoms with Crippen molar-refractivity contribution in [1.82, 2.24) is 15.2 Å². The summed E-state index contributed by atoms with van der Waals surface area (Å²) in [6.45, 7) is 5.53. The lowest BCUT2D eigenvalue weighted by molar-refractivity contribution is 0.234. The van der Waals surface area contributed by atoms with E-state index in [1.807, 2.05) is 0 Å². The molecule has 17 heavy (non-hydrogen) atoms. The standard InChI is InChI=1S/C13H16BrN3/c14-11-1-2-13-12(7-11)10(8-16-13)9-17-5-3-15-4-6-17/h1-2,7-8,15-16H,3-6,9H2. The molecule has 3 rings (SSSR count). The molecule has 2 N–H and O–H groups in total. The Bertz CT molecular complexity index is 514. The number of aromatic amines is 1. The van der Waals surface area contributed by atoms with E-state index in [0.29, 0.717) is 0 Å². The van der Waals surface area contributed by atoms with Crippen LogP contribution in [0.2, 0.25) is 0 Å². The molecule has 3 nitrogen and oxygen atoms in total. The van der Waals surface area contributed by atoms with Crippen LogP contribution in [0.25, 0.3) is 10.9 Å². The summed E-state index contributed by atoms with van der Waals surface area (Å²) in [5, 5.41) is 4.72. The van der Waals surface area contributed by atoms with Crippen LogP contribution < -0.4 is 5.32 Å². The number of hydrogen-bond donors (Lipinski definition) is 2. The van der Waals surface area contributed by atoms with Crippen LogP contribution in [0.15, 0.2) is 28.9 Å². The summed E-state index contributed by atoms with van der Waals surface area (Å²) in [6.07, 6.45) is 2.14. The molecule has 1 aromatic carbocycles. The van der Waals surface area contributed by atoms with Gasteiger partial charge in [0.15, 0.2) is 0 Å². The van der Waals surface area contributed by atoms with E-state index in [9.17, 15) is 0 Å². The van der Waals surface area contributed by atoms with Gasteiger partial charge in [0.05, 0.1) is 0 Å². The first-order valence-corrected chi connectivity index (χ1v) is 6.81. The van der Waals surface area contributed by atoms with Crippen molar-refractivity contribution in [1.29, 1.82) is 0 Å². The quantitative estimate of drug-likeness (QED) is 0.890. The highest BCUT2D eigenvalue weighted by Gasteiger charge is 2.12. The van der Waals surface area contributed by atoms with Crippen molar-refractivity contribution in [3.63, 3.8) is 0 Å². The maximum absolute atomic E-state index is 3.54. The molecule has 0 saturated carbocycles. The van der Waals surface area contributed by atoms with E-state index in [-0.39, 0.29) is 0 Å². The molecule has 0 atom stereocenters. The number of H-pyrrole nitrogens is 1. The third kappa shape index (κ3) is 2.39. The molecule has 1 saturated heterocycles. The van der Waals surface area contributed by atoms with Crippen LogP contribution in [0.1, 0.15) is 5.56 Å². The highest BCUT2D eigenvalue weighted by Crippen LogP contribution is 2.23. The maximum atomic E-state index is 3.54. The van der Waals surface area contributed by atoms with Gasteiger partial charge in [-0.3, -0.25) is 4.90 Å². The van der Waals surface area contributed by atoms with Gasteiger partial charge in [0.2, 0.25) is 0 Å². The van der Waals surface area contributed by atoms with E-state index in [1.165, 1.54) is 16.5 Å². The predicted molar refractivity (Wildman–Crippen MR) is 74.1 cm³/mol. The lowest BCUT2D eigenvalue weighted by Gasteiger charge is -2.26. The number of rotatable bonds is 2. The molecular formula is C13H16BrN3. The van der Waals surface area contributed by atoms with Crippen molar-refractivity contribution in [2.45, 2.75) is 6.54 Å². The fourth-order valence-electron chi connectivity index (χ4n) is 2.39. The lowest BCUT2D eigenvalue weighted by atomic mass is 10.1. The van der Waals surface area contributed by atoms with E-state index in [4.69, 9.17) is 0 Å². The van der Waals surface area contributed by atoms with Gasteiger partial charge in [-0.1, -0.05) is 15.9 Å². The average molecular weight is 294 g/mol. The fraction of sp³-hybridized carbons (Fsp3) is 0.385. The van der Waals surface area contributed by atoms with Gasteiger partial charge in [-0.05, 0) is 23.8 Å². The monoisotopic (exact) mass is 293 g/mol. The second kappa shape index (κ2) is 4.80. The van der Waals surface area contributed by atoms with E-state index >= 15 is 0 Å². The summed E-state index contributed by atoms with van der Waals surface area (Å²) in [7, 11) is 0. The van der Waals surface area contributed by atoms with Crippen molar-refractivity contribution in [3.8, 4) is 0 Å². The van der Waals surface area contributed by atoms with Crippen molar-refractivity contribution in [3.05, 3.63) is 34.4 Å². The number of nitrogens with one attached hydrogen (secondary N) is 2. The molecule has 1 aromatic heterocycles. The molecule has 1 fully saturated rings. The van der Waals surface area contributed by atoms with Crippen LogP contribution in [-0.2, 0) is 6.54 Å². The molecule has 0 spiro atoms. The number of fused-ring (bicyclic) bond motifs is 1. The first-order chi connectivity index (χ1) is 8.33. The molecule has 2 aromatic rings. The SMILES string of the molecule is Brc1ccc2[nH]cc(CN3CCNCC3)c2c1. The number of benzene rings is 1. The first-order valence-electron chi connectivity index (χ1n) is 6.01. The first kappa shape index (κ1) is 11.3. The van der Waals surface area contributed by atoms with E-state index < -0.39 is 0 Å². The summed E-state index contributed by atoms with van der Waals surface area (Å²) >= 11 is 3.54. The molecule has 2 heterocycles. The van der Waals surface area contributed by atoms with E-state index in [2.05, 4.69) is 55.5 Å². The summed E-state index contributed by atoms with van der Waals surface area (Å²) in [6, 6.07) is 6.40. The van der Waals surface area contributed by atoms with Gasteiger partial charge in [0.25, 0.3) is 0 Å². The summed E-state index contributed by atoms with van der Waals surface area (Å²) in [5.74, 6) is 0. The molecule has 4 heteroatoms. The Balaban J connectivity index is 1.86. The van der Waals surface area contributed by atoms with Crippen LogP contribution in [0.4, 0.5) is 0 Å². The molecular weight excluding hydrogens is 278 g/mol. The molecule has 90 valence electrons. The second-order valence-corrected chi connectivity index (χ2v) is 5.45. The van der Waals surface area contributed by atoms with Crippen molar-refractivity contribution >= 4 is 26.8 Å². The zero-order valence-corrected chi connectivity index (χ0v) is 11.3. The minimum absolute atomic E-state index is 1.04. The number of nitrogens with zero attached hydrogens (tertiary/aromatic N) is 1. The van der Waals surface area contributed by atoms with Crippen LogP contribution in [0.3, 0.4) is 0 Å². The van der Waals surface area contributed by atoms with Crippen LogP contribution in [0, 0.1) is 0 Å². The van der Waals surface area contributed by atoms with Gasteiger partial charge in [0.1, 0.15) is 0 Å². The molecule has 1 aliphatic heterocycles. The van der Waals surface area contributed by atoms with Gasteiger partial charge < -0.3 is 10.3 Å². The molecule has 1 aliphatic rings. The Morgan fingerprint density at radius 2 is 2.06 bits per heavy atom. The van der Waals surface area contributed by atoms with Gasteiger partial charge in [-0.15, -0.1) is 0 Å². The van der Waals surface area contributed by atoms with Crippen molar-refractivity contribution < 1.29 is 0 Å². The predicted octanol–water partition coefficient (Wildman–Crippen LogP) is 2.34.